The normalized spacial score (nSPS) is 11.3. The van der Waals surface area contributed by atoms with E-state index in [9.17, 15) is 0 Å². The predicted molar refractivity (Wildman–Crippen MR) is 62.6 cm³/mol. The molecule has 4 aromatic heterocycles. The van der Waals surface area contributed by atoms with Gasteiger partial charge in [0.2, 0.25) is 0 Å². The molecule has 4 rings (SSSR count). The first kappa shape index (κ1) is 9.29. The smallest absolute Gasteiger partial charge is 0.286 e. The van der Waals surface area contributed by atoms with Crippen LogP contribution in [0.3, 0.4) is 0 Å². The van der Waals surface area contributed by atoms with Gasteiger partial charge in [0.15, 0.2) is 22.5 Å². The van der Waals surface area contributed by atoms with Crippen LogP contribution in [0.2, 0.25) is 0 Å². The first-order valence-corrected chi connectivity index (χ1v) is 5.34. The molecule has 6 nitrogen and oxygen atoms in total. The Hall–Kier alpha value is -2.76. The average Bonchev–Trinajstić information content (AvgIpc) is 3.02. The summed E-state index contributed by atoms with van der Waals surface area (Å²) in [6, 6.07) is 7.15. The number of hydrogen-bond acceptors (Lipinski definition) is 6. The van der Waals surface area contributed by atoms with Gasteiger partial charge in [0.05, 0.1) is 0 Å². The van der Waals surface area contributed by atoms with Crippen molar-refractivity contribution in [2.75, 3.05) is 0 Å². The number of oxazole rings is 2. The number of pyridine rings is 2. The topological polar surface area (TPSA) is 77.8 Å². The van der Waals surface area contributed by atoms with Crippen LogP contribution in [-0.2, 0) is 0 Å². The van der Waals surface area contributed by atoms with Crippen LogP contribution >= 0.6 is 0 Å². The van der Waals surface area contributed by atoms with E-state index in [2.05, 4.69) is 19.9 Å². The van der Waals surface area contributed by atoms with Crippen LogP contribution < -0.4 is 0 Å². The number of fused-ring (bicyclic) bond motifs is 2. The van der Waals surface area contributed by atoms with Gasteiger partial charge in [-0.3, -0.25) is 0 Å². The Morgan fingerprint density at radius 2 is 1.22 bits per heavy atom. The highest BCUT2D eigenvalue weighted by Gasteiger charge is 2.15. The maximum Gasteiger partial charge on any atom is 0.286 e. The third kappa shape index (κ3) is 1.29. The van der Waals surface area contributed by atoms with Crippen molar-refractivity contribution >= 4 is 22.5 Å². The Kier molecular flexibility index (Phi) is 1.74. The van der Waals surface area contributed by atoms with Gasteiger partial charge in [-0.25, -0.2) is 9.97 Å². The minimum atomic E-state index is 0.307. The van der Waals surface area contributed by atoms with Crippen molar-refractivity contribution in [1.82, 2.24) is 19.9 Å². The molecule has 0 unspecified atom stereocenters. The second-order valence-corrected chi connectivity index (χ2v) is 3.69. The quantitative estimate of drug-likeness (QED) is 0.506. The van der Waals surface area contributed by atoms with Crippen LogP contribution in [0.4, 0.5) is 0 Å². The Morgan fingerprint density at radius 1 is 0.722 bits per heavy atom. The van der Waals surface area contributed by atoms with E-state index in [0.717, 1.165) is 0 Å². The van der Waals surface area contributed by atoms with Crippen molar-refractivity contribution in [3.63, 3.8) is 0 Å². The van der Waals surface area contributed by atoms with Gasteiger partial charge in [-0.15, -0.1) is 0 Å². The lowest BCUT2D eigenvalue weighted by atomic mass is 10.5. The molecule has 0 aromatic carbocycles. The number of hydrogen-bond donors (Lipinski definition) is 0. The molecule has 0 aliphatic carbocycles. The number of aromatic nitrogens is 4. The maximum atomic E-state index is 5.53. The van der Waals surface area contributed by atoms with E-state index < -0.39 is 0 Å². The van der Waals surface area contributed by atoms with E-state index >= 15 is 0 Å². The number of rotatable bonds is 1. The van der Waals surface area contributed by atoms with Crippen molar-refractivity contribution in [1.29, 1.82) is 0 Å². The van der Waals surface area contributed by atoms with Gasteiger partial charge < -0.3 is 8.83 Å². The summed E-state index contributed by atoms with van der Waals surface area (Å²) >= 11 is 0. The number of nitrogens with zero attached hydrogens (tertiary/aromatic N) is 4. The summed E-state index contributed by atoms with van der Waals surface area (Å²) in [6.45, 7) is 0. The van der Waals surface area contributed by atoms with Gasteiger partial charge in [0, 0.05) is 12.4 Å². The lowest BCUT2D eigenvalue weighted by molar-refractivity contribution is 0.550. The third-order valence-electron chi connectivity index (χ3n) is 2.51. The minimum absolute atomic E-state index is 0.307. The van der Waals surface area contributed by atoms with E-state index in [0.29, 0.717) is 34.2 Å². The van der Waals surface area contributed by atoms with Crippen LogP contribution in [0, 0.1) is 0 Å². The third-order valence-corrected chi connectivity index (χ3v) is 2.51. The summed E-state index contributed by atoms with van der Waals surface area (Å²) in [4.78, 5) is 16.6. The second kappa shape index (κ2) is 3.36. The van der Waals surface area contributed by atoms with Crippen molar-refractivity contribution in [2.24, 2.45) is 0 Å². The molecule has 0 bridgehead atoms. The average molecular weight is 238 g/mol. The van der Waals surface area contributed by atoms with Crippen LogP contribution in [0.25, 0.3) is 34.2 Å². The molecule has 0 N–H and O–H groups in total. The van der Waals surface area contributed by atoms with Gasteiger partial charge >= 0.3 is 0 Å². The summed E-state index contributed by atoms with van der Waals surface area (Å²) in [5.41, 5.74) is 2.26. The summed E-state index contributed by atoms with van der Waals surface area (Å²) in [7, 11) is 0. The van der Waals surface area contributed by atoms with Crippen molar-refractivity contribution < 1.29 is 8.83 Å². The van der Waals surface area contributed by atoms with Crippen LogP contribution in [0.15, 0.2) is 45.5 Å². The minimum Gasteiger partial charge on any atom is -0.431 e. The Labute approximate surface area is 100 Å². The van der Waals surface area contributed by atoms with E-state index in [1.165, 1.54) is 0 Å². The zero-order chi connectivity index (χ0) is 11.9. The molecule has 0 fully saturated rings. The zero-order valence-electron chi connectivity index (χ0n) is 9.07. The first-order chi connectivity index (χ1) is 8.90. The first-order valence-electron chi connectivity index (χ1n) is 5.34. The lowest BCUT2D eigenvalue weighted by Crippen LogP contribution is -1.77. The van der Waals surface area contributed by atoms with E-state index in [1.807, 2.05) is 0 Å². The predicted octanol–water partition coefficient (Wildman–Crippen LogP) is 2.43. The van der Waals surface area contributed by atoms with Gasteiger partial charge in [-0.05, 0) is 24.3 Å². The highest BCUT2D eigenvalue weighted by molar-refractivity contribution is 5.73. The highest BCUT2D eigenvalue weighted by Crippen LogP contribution is 2.24. The Bertz CT molecular complexity index is 711. The van der Waals surface area contributed by atoms with Crippen molar-refractivity contribution in [3.05, 3.63) is 36.7 Å². The van der Waals surface area contributed by atoms with Crippen LogP contribution in [-0.4, -0.2) is 19.9 Å². The fourth-order valence-electron chi connectivity index (χ4n) is 1.72. The molecular weight excluding hydrogens is 232 g/mol. The van der Waals surface area contributed by atoms with E-state index in [4.69, 9.17) is 8.83 Å². The molecule has 0 spiro atoms. The summed E-state index contributed by atoms with van der Waals surface area (Å²) in [6.07, 6.45) is 3.31. The van der Waals surface area contributed by atoms with Crippen molar-refractivity contribution in [3.8, 4) is 11.8 Å². The van der Waals surface area contributed by atoms with Gasteiger partial charge in [-0.1, -0.05) is 0 Å². The maximum absolute atomic E-state index is 5.53. The fraction of sp³-hybridized carbons (Fsp3) is 0. The van der Waals surface area contributed by atoms with E-state index in [-0.39, 0.29) is 0 Å². The largest absolute Gasteiger partial charge is 0.431 e. The molecule has 0 atom stereocenters. The molecule has 0 radical (unpaired) electrons. The molecule has 0 saturated carbocycles. The van der Waals surface area contributed by atoms with Gasteiger partial charge in [0.25, 0.3) is 11.8 Å². The molecule has 18 heavy (non-hydrogen) atoms. The van der Waals surface area contributed by atoms with Crippen molar-refractivity contribution in [2.45, 2.75) is 0 Å². The summed E-state index contributed by atoms with van der Waals surface area (Å²) in [5, 5.41) is 0. The molecule has 4 aromatic rings. The van der Waals surface area contributed by atoms with Crippen LogP contribution in [0.5, 0.6) is 0 Å². The van der Waals surface area contributed by atoms with Crippen LogP contribution in [0.1, 0.15) is 0 Å². The molecule has 4 heterocycles. The monoisotopic (exact) mass is 238 g/mol. The molecule has 0 saturated heterocycles. The molecule has 0 aliphatic heterocycles. The Balaban J connectivity index is 1.95. The fourth-order valence-corrected chi connectivity index (χ4v) is 1.72. The zero-order valence-corrected chi connectivity index (χ0v) is 9.07. The Morgan fingerprint density at radius 3 is 1.67 bits per heavy atom. The summed E-state index contributed by atoms with van der Waals surface area (Å²) in [5.74, 6) is 0.614. The summed E-state index contributed by atoms with van der Waals surface area (Å²) < 4.78 is 11.1. The highest BCUT2D eigenvalue weighted by atomic mass is 16.4. The van der Waals surface area contributed by atoms with Gasteiger partial charge in [0.1, 0.15) is 0 Å². The molecule has 0 aliphatic rings. The standard InChI is InChI=1S/C12H6N4O2/c1-3-7-9(13-5-1)15-11(17-7)12-16-10-8(18-12)4-2-6-14-10/h1-6H. The van der Waals surface area contributed by atoms with Gasteiger partial charge in [-0.2, -0.15) is 9.97 Å². The second-order valence-electron chi connectivity index (χ2n) is 3.69. The van der Waals surface area contributed by atoms with E-state index in [1.54, 1.807) is 36.7 Å². The molecule has 86 valence electrons. The molecule has 6 heteroatoms. The lowest BCUT2D eigenvalue weighted by Gasteiger charge is -1.82. The SMILES string of the molecule is c1cnc2nc(-c3nc4ncccc4o3)oc2c1. The molecular formula is C12H6N4O2. The molecule has 0 amide bonds.